The lowest BCUT2D eigenvalue weighted by molar-refractivity contribution is -0.376. The van der Waals surface area contributed by atoms with E-state index in [2.05, 4.69) is 4.74 Å². The van der Waals surface area contributed by atoms with Crippen molar-refractivity contribution in [3.8, 4) is 5.75 Å². The van der Waals surface area contributed by atoms with Crippen LogP contribution in [0.2, 0.25) is 5.02 Å². The first-order chi connectivity index (χ1) is 8.86. The Kier molecular flexibility index (Phi) is 4.22. The molecule has 0 amide bonds. The summed E-state index contributed by atoms with van der Waals surface area (Å²) in [7, 11) is 1.07. The van der Waals surface area contributed by atoms with Crippen molar-refractivity contribution in [1.29, 1.82) is 0 Å². The van der Waals surface area contributed by atoms with Crippen LogP contribution in [-0.4, -0.2) is 24.6 Å². The summed E-state index contributed by atoms with van der Waals surface area (Å²) in [6.45, 7) is 1.38. The summed E-state index contributed by atoms with van der Waals surface area (Å²) in [5.41, 5.74) is -6.37. The summed E-state index contributed by atoms with van der Waals surface area (Å²) >= 11 is 5.44. The third kappa shape index (κ3) is 2.54. The molecule has 0 bridgehead atoms. The highest BCUT2D eigenvalue weighted by molar-refractivity contribution is 6.31. The quantitative estimate of drug-likeness (QED) is 0.835. The van der Waals surface area contributed by atoms with Gasteiger partial charge in [0.2, 0.25) is 0 Å². The van der Waals surface area contributed by atoms with Gasteiger partial charge in [-0.3, -0.25) is 0 Å². The van der Waals surface area contributed by atoms with Gasteiger partial charge in [-0.1, -0.05) is 11.6 Å². The smallest absolute Gasteiger partial charge is 0.430 e. The Morgan fingerprint density at radius 2 is 1.50 bits per heavy atom. The van der Waals surface area contributed by atoms with Crippen LogP contribution in [0.25, 0.3) is 0 Å². The molecule has 0 aliphatic heterocycles. The summed E-state index contributed by atoms with van der Waals surface area (Å²) in [4.78, 5) is 0. The molecule has 2 nitrogen and oxygen atoms in total. The average molecular weight is 323 g/mol. The Morgan fingerprint density at radius 1 is 1.05 bits per heavy atom. The van der Waals surface area contributed by atoms with E-state index in [1.165, 1.54) is 6.92 Å². The van der Waals surface area contributed by atoms with Crippen LogP contribution in [0, 0.1) is 6.92 Å². The Labute approximate surface area is 114 Å². The molecule has 0 aliphatic carbocycles. The molecule has 0 unspecified atom stereocenters. The predicted molar refractivity (Wildman–Crippen MR) is 58.7 cm³/mol. The van der Waals surface area contributed by atoms with E-state index < -0.39 is 28.5 Å². The van der Waals surface area contributed by atoms with Gasteiger partial charge in [0.25, 0.3) is 5.60 Å². The number of rotatable bonds is 2. The molecule has 1 aromatic rings. The average Bonchev–Trinajstić information content (AvgIpc) is 2.25. The lowest BCUT2D eigenvalue weighted by Gasteiger charge is -2.33. The number of halogens is 7. The second kappa shape index (κ2) is 5.00. The third-order valence-electron chi connectivity index (χ3n) is 2.69. The van der Waals surface area contributed by atoms with Crippen molar-refractivity contribution >= 4 is 11.6 Å². The minimum Gasteiger partial charge on any atom is -0.496 e. The first-order valence-corrected chi connectivity index (χ1v) is 5.44. The molecule has 0 saturated heterocycles. The van der Waals surface area contributed by atoms with Crippen molar-refractivity contribution in [2.24, 2.45) is 0 Å². The first kappa shape index (κ1) is 16.9. The highest BCUT2D eigenvalue weighted by Crippen LogP contribution is 2.52. The Bertz CT molecular complexity index is 495. The van der Waals surface area contributed by atoms with E-state index in [1.54, 1.807) is 0 Å². The number of alkyl halides is 6. The predicted octanol–water partition coefficient (Wildman–Crippen LogP) is 3.97. The van der Waals surface area contributed by atoms with Gasteiger partial charge >= 0.3 is 12.4 Å². The lowest BCUT2D eigenvalue weighted by Crippen LogP contribution is -2.54. The van der Waals surface area contributed by atoms with Gasteiger partial charge < -0.3 is 9.84 Å². The van der Waals surface area contributed by atoms with E-state index in [4.69, 9.17) is 11.6 Å². The fourth-order valence-corrected chi connectivity index (χ4v) is 1.97. The van der Waals surface area contributed by atoms with Crippen molar-refractivity contribution < 1.29 is 36.2 Å². The number of benzene rings is 1. The topological polar surface area (TPSA) is 29.5 Å². The fourth-order valence-electron chi connectivity index (χ4n) is 1.62. The van der Waals surface area contributed by atoms with Gasteiger partial charge in [-0.15, -0.1) is 0 Å². The molecule has 0 atom stereocenters. The monoisotopic (exact) mass is 322 g/mol. The molecule has 1 N–H and O–H groups in total. The van der Waals surface area contributed by atoms with Crippen LogP contribution in [0.15, 0.2) is 12.1 Å². The number of methoxy groups -OCH3 is 1. The number of ether oxygens (including phenoxy) is 1. The van der Waals surface area contributed by atoms with E-state index in [0.717, 1.165) is 13.2 Å². The zero-order valence-electron chi connectivity index (χ0n) is 10.2. The van der Waals surface area contributed by atoms with E-state index in [1.807, 2.05) is 0 Å². The third-order valence-corrected chi connectivity index (χ3v) is 3.01. The zero-order chi connectivity index (χ0) is 15.9. The summed E-state index contributed by atoms with van der Waals surface area (Å²) < 4.78 is 81.1. The van der Waals surface area contributed by atoms with Crippen molar-refractivity contribution in [2.75, 3.05) is 7.11 Å². The van der Waals surface area contributed by atoms with Gasteiger partial charge in [0.15, 0.2) is 0 Å². The minimum absolute atomic E-state index is 0.230. The van der Waals surface area contributed by atoms with E-state index >= 15 is 0 Å². The van der Waals surface area contributed by atoms with Crippen LogP contribution in [0.3, 0.4) is 0 Å². The fraction of sp³-hybridized carbons (Fsp3) is 0.455. The molecule has 1 rings (SSSR count). The minimum atomic E-state index is -5.99. The van der Waals surface area contributed by atoms with Crippen molar-refractivity contribution in [3.63, 3.8) is 0 Å². The first-order valence-electron chi connectivity index (χ1n) is 5.06. The number of aliphatic hydroxyl groups is 1. The van der Waals surface area contributed by atoms with Gasteiger partial charge in [0.05, 0.1) is 7.11 Å². The lowest BCUT2D eigenvalue weighted by atomic mass is 9.91. The molecule has 20 heavy (non-hydrogen) atoms. The molecular weight excluding hydrogens is 314 g/mol. The van der Waals surface area contributed by atoms with Gasteiger partial charge in [0, 0.05) is 10.6 Å². The maximum absolute atomic E-state index is 12.7. The van der Waals surface area contributed by atoms with E-state index in [0.29, 0.717) is 6.07 Å². The molecule has 0 aromatic heterocycles. The standard InChI is InChI=1S/C11H9ClF6O2/c1-5-3-7(12)6(4-8(5)20-2)9(19,10(13,14)15)11(16,17)18/h3-4,19H,1-2H3. The van der Waals surface area contributed by atoms with Crippen LogP contribution in [0.4, 0.5) is 26.3 Å². The van der Waals surface area contributed by atoms with Crippen molar-refractivity contribution in [3.05, 3.63) is 28.3 Å². The van der Waals surface area contributed by atoms with E-state index in [-0.39, 0.29) is 11.3 Å². The molecule has 9 heteroatoms. The SMILES string of the molecule is COc1cc(C(O)(C(F)(F)F)C(F)(F)F)c(Cl)cc1C. The number of hydrogen-bond acceptors (Lipinski definition) is 2. The van der Waals surface area contributed by atoms with E-state index in [9.17, 15) is 31.4 Å². The Hall–Kier alpha value is -1.15. The highest BCUT2D eigenvalue weighted by atomic mass is 35.5. The maximum atomic E-state index is 12.7. The summed E-state index contributed by atoms with van der Waals surface area (Å²) in [5, 5.41) is 8.40. The molecule has 0 spiro atoms. The van der Waals surface area contributed by atoms with Crippen LogP contribution < -0.4 is 4.74 Å². The highest BCUT2D eigenvalue weighted by Gasteiger charge is 2.72. The second-order valence-electron chi connectivity index (χ2n) is 4.01. The zero-order valence-corrected chi connectivity index (χ0v) is 10.9. The van der Waals surface area contributed by atoms with Crippen LogP contribution in [0.5, 0.6) is 5.75 Å². The van der Waals surface area contributed by atoms with Crippen LogP contribution >= 0.6 is 11.6 Å². The molecule has 1 aromatic carbocycles. The molecule has 0 aliphatic rings. The summed E-state index contributed by atoms with van der Waals surface area (Å²) in [5.74, 6) is -0.253. The Balaban J connectivity index is 3.68. The maximum Gasteiger partial charge on any atom is 0.430 e. The van der Waals surface area contributed by atoms with Gasteiger partial charge in [0.1, 0.15) is 5.75 Å². The summed E-state index contributed by atoms with van der Waals surface area (Å²) in [6, 6.07) is 1.29. The van der Waals surface area contributed by atoms with Crippen LogP contribution in [-0.2, 0) is 5.60 Å². The van der Waals surface area contributed by atoms with Gasteiger partial charge in [-0.05, 0) is 24.6 Å². The molecule has 0 radical (unpaired) electrons. The second-order valence-corrected chi connectivity index (χ2v) is 4.41. The summed E-state index contributed by atoms with van der Waals surface area (Å²) in [6.07, 6.45) is -12.0. The van der Waals surface area contributed by atoms with Gasteiger partial charge in [-0.25, -0.2) is 0 Å². The normalized spacial score (nSPS) is 13.5. The number of hydrogen-bond donors (Lipinski definition) is 1. The van der Waals surface area contributed by atoms with Crippen molar-refractivity contribution in [1.82, 2.24) is 0 Å². The van der Waals surface area contributed by atoms with Crippen molar-refractivity contribution in [2.45, 2.75) is 24.9 Å². The Morgan fingerprint density at radius 3 is 1.85 bits per heavy atom. The number of aryl methyl sites for hydroxylation is 1. The molecule has 114 valence electrons. The molecular formula is C11H9ClF6O2. The largest absolute Gasteiger partial charge is 0.496 e. The van der Waals surface area contributed by atoms with Gasteiger partial charge in [-0.2, -0.15) is 26.3 Å². The molecule has 0 fully saturated rings. The molecule has 0 saturated carbocycles. The van der Waals surface area contributed by atoms with Crippen LogP contribution in [0.1, 0.15) is 11.1 Å². The molecule has 0 heterocycles.